The second-order valence-corrected chi connectivity index (χ2v) is 7.06. The summed E-state index contributed by atoms with van der Waals surface area (Å²) in [7, 11) is 0. The largest absolute Gasteiger partial charge is 0.340 e. The molecule has 1 aliphatic heterocycles. The highest BCUT2D eigenvalue weighted by molar-refractivity contribution is 5.93. The number of benzene rings is 1. The molecular weight excluding hydrogens is 352 g/mol. The van der Waals surface area contributed by atoms with Crippen molar-refractivity contribution in [2.75, 3.05) is 6.54 Å². The van der Waals surface area contributed by atoms with Crippen molar-refractivity contribution >= 4 is 16.9 Å². The molecule has 4 heterocycles. The molecule has 1 fully saturated rings. The number of rotatable bonds is 3. The van der Waals surface area contributed by atoms with Gasteiger partial charge in [0.2, 0.25) is 0 Å². The summed E-state index contributed by atoms with van der Waals surface area (Å²) in [6.45, 7) is 0.710. The Labute approximate surface area is 161 Å². The Morgan fingerprint density at radius 3 is 2.93 bits per heavy atom. The molecule has 1 atom stereocenters. The highest BCUT2D eigenvalue weighted by Gasteiger charge is 2.31. The van der Waals surface area contributed by atoms with E-state index in [0.29, 0.717) is 17.9 Å². The van der Waals surface area contributed by atoms with Gasteiger partial charge in [-0.25, -0.2) is 4.98 Å². The molecular formula is C21H20N6O. The van der Waals surface area contributed by atoms with Crippen molar-refractivity contribution in [3.63, 3.8) is 0 Å². The lowest BCUT2D eigenvalue weighted by Gasteiger charge is -2.34. The molecule has 3 aromatic heterocycles. The Hall–Kier alpha value is -3.48. The summed E-state index contributed by atoms with van der Waals surface area (Å²) < 4.78 is 0. The number of aromatic nitrogens is 5. The third-order valence-electron chi connectivity index (χ3n) is 5.25. The fraction of sp³-hybridized carbons (Fsp3) is 0.238. The van der Waals surface area contributed by atoms with Gasteiger partial charge in [-0.3, -0.25) is 14.9 Å². The first-order chi connectivity index (χ1) is 13.8. The van der Waals surface area contributed by atoms with Crippen molar-refractivity contribution in [2.45, 2.75) is 25.3 Å². The molecule has 28 heavy (non-hydrogen) atoms. The molecule has 0 radical (unpaired) electrons. The summed E-state index contributed by atoms with van der Waals surface area (Å²) in [5, 5.41) is 7.20. The Kier molecular flexibility index (Phi) is 4.12. The number of piperidine rings is 1. The summed E-state index contributed by atoms with van der Waals surface area (Å²) >= 11 is 0. The van der Waals surface area contributed by atoms with Crippen molar-refractivity contribution < 1.29 is 4.79 Å². The predicted molar refractivity (Wildman–Crippen MR) is 106 cm³/mol. The second-order valence-electron chi connectivity index (χ2n) is 7.06. The van der Waals surface area contributed by atoms with Crippen LogP contribution in [0.2, 0.25) is 0 Å². The van der Waals surface area contributed by atoms with Crippen molar-refractivity contribution in [3.8, 4) is 11.3 Å². The first-order valence-electron chi connectivity index (χ1n) is 9.51. The zero-order valence-corrected chi connectivity index (χ0v) is 15.3. The lowest BCUT2D eigenvalue weighted by atomic mass is 10.0. The molecule has 4 aromatic rings. The van der Waals surface area contributed by atoms with E-state index in [1.807, 2.05) is 41.3 Å². The fourth-order valence-electron chi connectivity index (χ4n) is 3.84. The molecule has 7 heteroatoms. The third kappa shape index (κ3) is 2.94. The van der Waals surface area contributed by atoms with Crippen LogP contribution in [0.4, 0.5) is 0 Å². The predicted octanol–water partition coefficient (Wildman–Crippen LogP) is 3.72. The topological polar surface area (TPSA) is 90.6 Å². The van der Waals surface area contributed by atoms with E-state index in [1.165, 1.54) is 0 Å². The zero-order chi connectivity index (χ0) is 18.9. The van der Waals surface area contributed by atoms with Crippen LogP contribution in [0.25, 0.3) is 22.3 Å². The van der Waals surface area contributed by atoms with Crippen LogP contribution >= 0.6 is 0 Å². The van der Waals surface area contributed by atoms with E-state index in [-0.39, 0.29) is 11.9 Å². The van der Waals surface area contributed by atoms with Crippen LogP contribution in [0.5, 0.6) is 0 Å². The smallest absolute Gasteiger partial charge is 0.272 e. The number of likely N-dealkylation sites (tertiary alicyclic amines) is 1. The monoisotopic (exact) mass is 372 g/mol. The molecule has 0 aliphatic carbocycles. The molecule has 2 N–H and O–H groups in total. The maximum atomic E-state index is 13.2. The van der Waals surface area contributed by atoms with Crippen LogP contribution in [0.1, 0.15) is 41.6 Å². The average molecular weight is 372 g/mol. The number of imidazole rings is 1. The number of para-hydroxylation sites is 2. The van der Waals surface area contributed by atoms with Crippen LogP contribution in [-0.4, -0.2) is 42.5 Å². The van der Waals surface area contributed by atoms with Gasteiger partial charge >= 0.3 is 0 Å². The first-order valence-corrected chi connectivity index (χ1v) is 9.51. The first kappa shape index (κ1) is 16.7. The van der Waals surface area contributed by atoms with Crippen LogP contribution in [0.3, 0.4) is 0 Å². The number of aromatic amines is 2. The molecule has 140 valence electrons. The van der Waals surface area contributed by atoms with E-state index in [4.69, 9.17) is 4.98 Å². The number of hydrogen-bond acceptors (Lipinski definition) is 4. The molecule has 0 saturated carbocycles. The molecule has 0 spiro atoms. The van der Waals surface area contributed by atoms with Gasteiger partial charge < -0.3 is 9.88 Å². The Morgan fingerprint density at radius 1 is 1.14 bits per heavy atom. The van der Waals surface area contributed by atoms with Crippen LogP contribution < -0.4 is 0 Å². The second kappa shape index (κ2) is 6.92. The molecule has 0 bridgehead atoms. The molecule has 5 rings (SSSR count). The molecule has 1 amide bonds. The van der Waals surface area contributed by atoms with Gasteiger partial charge in [-0.2, -0.15) is 5.10 Å². The number of carbonyl (C=O) groups is 1. The SMILES string of the molecule is O=C(c1cc(-c2cccnc2)n[nH]1)N1CCCC[C@@H]1c1nc2ccccc2[nH]1. The lowest BCUT2D eigenvalue weighted by Crippen LogP contribution is -2.39. The highest BCUT2D eigenvalue weighted by atomic mass is 16.2. The van der Waals surface area contributed by atoms with Crippen molar-refractivity contribution in [1.29, 1.82) is 0 Å². The van der Waals surface area contributed by atoms with Crippen LogP contribution in [-0.2, 0) is 0 Å². The maximum Gasteiger partial charge on any atom is 0.272 e. The lowest BCUT2D eigenvalue weighted by molar-refractivity contribution is 0.0595. The maximum absolute atomic E-state index is 13.2. The molecule has 1 aliphatic rings. The van der Waals surface area contributed by atoms with Gasteiger partial charge in [-0.15, -0.1) is 0 Å². The van der Waals surface area contributed by atoms with E-state index in [1.54, 1.807) is 18.5 Å². The Balaban J connectivity index is 1.45. The molecule has 1 saturated heterocycles. The number of H-pyrrole nitrogens is 2. The quantitative estimate of drug-likeness (QED) is 0.573. The Morgan fingerprint density at radius 2 is 2.07 bits per heavy atom. The van der Waals surface area contributed by atoms with E-state index >= 15 is 0 Å². The van der Waals surface area contributed by atoms with E-state index in [2.05, 4.69) is 20.2 Å². The minimum Gasteiger partial charge on any atom is -0.340 e. The molecule has 1 aromatic carbocycles. The van der Waals surface area contributed by atoms with E-state index in [0.717, 1.165) is 41.7 Å². The number of fused-ring (bicyclic) bond motifs is 1. The van der Waals surface area contributed by atoms with Crippen molar-refractivity contribution in [3.05, 3.63) is 66.4 Å². The summed E-state index contributed by atoms with van der Waals surface area (Å²) in [5.74, 6) is 0.800. The van der Waals surface area contributed by atoms with Gasteiger partial charge in [0.25, 0.3) is 5.91 Å². The van der Waals surface area contributed by atoms with Gasteiger partial charge in [0.05, 0.1) is 22.8 Å². The zero-order valence-electron chi connectivity index (χ0n) is 15.3. The summed E-state index contributed by atoms with van der Waals surface area (Å²) in [5.41, 5.74) is 4.01. The number of carbonyl (C=O) groups excluding carboxylic acids is 1. The number of pyridine rings is 1. The molecule has 0 unspecified atom stereocenters. The summed E-state index contributed by atoms with van der Waals surface area (Å²) in [6.07, 6.45) is 6.42. The minimum atomic E-state index is -0.0567. The van der Waals surface area contributed by atoms with Gasteiger partial charge in [0, 0.05) is 24.5 Å². The van der Waals surface area contributed by atoms with Crippen molar-refractivity contribution in [2.24, 2.45) is 0 Å². The van der Waals surface area contributed by atoms with Crippen LogP contribution in [0, 0.1) is 0 Å². The number of nitrogens with one attached hydrogen (secondary N) is 2. The Bertz CT molecular complexity index is 1080. The third-order valence-corrected chi connectivity index (χ3v) is 5.25. The minimum absolute atomic E-state index is 0.0483. The van der Waals surface area contributed by atoms with Gasteiger partial charge in [0.15, 0.2) is 0 Å². The summed E-state index contributed by atoms with van der Waals surface area (Å²) in [4.78, 5) is 27.4. The van der Waals surface area contributed by atoms with Crippen molar-refractivity contribution in [1.82, 2.24) is 30.0 Å². The average Bonchev–Trinajstić information content (AvgIpc) is 3.41. The number of nitrogens with zero attached hydrogens (tertiary/aromatic N) is 4. The number of amides is 1. The normalized spacial score (nSPS) is 17.1. The standard InChI is InChI=1S/C21H20N6O/c28-21(18-12-17(25-26-18)14-6-5-10-22-13-14)27-11-4-3-9-19(27)20-23-15-7-1-2-8-16(15)24-20/h1-2,5-8,10,12-13,19H,3-4,9,11H2,(H,23,24)(H,25,26)/t19-/m1/s1. The summed E-state index contributed by atoms with van der Waals surface area (Å²) in [6, 6.07) is 13.5. The fourth-order valence-corrected chi connectivity index (χ4v) is 3.84. The van der Waals surface area contributed by atoms with Gasteiger partial charge in [-0.1, -0.05) is 12.1 Å². The molecule has 7 nitrogen and oxygen atoms in total. The highest BCUT2D eigenvalue weighted by Crippen LogP contribution is 2.32. The number of hydrogen-bond donors (Lipinski definition) is 2. The van der Waals surface area contributed by atoms with E-state index < -0.39 is 0 Å². The van der Waals surface area contributed by atoms with Crippen LogP contribution in [0.15, 0.2) is 54.9 Å². The van der Waals surface area contributed by atoms with E-state index in [9.17, 15) is 4.79 Å². The van der Waals surface area contributed by atoms with Gasteiger partial charge in [0.1, 0.15) is 11.5 Å². The van der Waals surface area contributed by atoms with Gasteiger partial charge in [-0.05, 0) is 49.6 Å².